The highest BCUT2D eigenvalue weighted by Crippen LogP contribution is 2.21. The molecular weight excluding hydrogens is 558 g/mol. The smallest absolute Gasteiger partial charge is 0.215 e. The summed E-state index contributed by atoms with van der Waals surface area (Å²) in [6.45, 7) is -0.698. The van der Waals surface area contributed by atoms with Gasteiger partial charge in [0.25, 0.3) is 0 Å². The van der Waals surface area contributed by atoms with E-state index in [4.69, 9.17) is 43.7 Å². The molecule has 0 saturated heterocycles. The molecule has 1 aromatic heterocycles. The SMILES string of the molecule is CCOC(CCC#N)OCC.[2H]C([2H])(N)CCC(OCC)OCC.[2H]C([2H])([2H])N(C([2H])([2H])[2H])C([2H])([2H])Cc1c[nH]c2ccc(CS(=O)(=O)NC)cc12. The van der Waals surface area contributed by atoms with E-state index in [0.29, 0.717) is 67.7 Å². The van der Waals surface area contributed by atoms with Crippen molar-refractivity contribution >= 4 is 20.9 Å². The van der Waals surface area contributed by atoms with Crippen LogP contribution in [0.5, 0.6) is 0 Å². The third kappa shape index (κ3) is 18.5. The van der Waals surface area contributed by atoms with Gasteiger partial charge in [-0.3, -0.25) is 0 Å². The Morgan fingerprint density at radius 1 is 1.07 bits per heavy atom. The van der Waals surface area contributed by atoms with Gasteiger partial charge in [0.05, 0.1) is 11.8 Å². The molecule has 0 atom stereocenters. The summed E-state index contributed by atoms with van der Waals surface area (Å²) in [7, 11) is -2.22. The standard InChI is InChI=1S/C14H21N3O2S.C8H19NO2.C8H15NO2/c1-15-20(18,19)10-11-4-5-14-13(8-11)12(9-16-14)6-7-17(2)3;2*1-3-10-8(11-4-2)6-5-7-9/h4-5,8-9,15-16H,6-7,10H2,1-3H3;8H,3-7,9H2,1-2H3;8H,3-6H2,1-2H3/i2D3,3D3,7D2;7D2;. The van der Waals surface area contributed by atoms with E-state index in [0.717, 1.165) is 0 Å². The molecule has 0 bridgehead atoms. The monoisotopic (exact) mass is 623 g/mol. The van der Waals surface area contributed by atoms with E-state index >= 15 is 0 Å². The third-order valence-electron chi connectivity index (χ3n) is 5.35. The summed E-state index contributed by atoms with van der Waals surface area (Å²) in [5, 5.41) is 8.78. The quantitative estimate of drug-likeness (QED) is 0.196. The molecule has 0 fully saturated rings. The molecule has 0 saturated carbocycles. The van der Waals surface area contributed by atoms with Crippen molar-refractivity contribution in [1.82, 2.24) is 14.6 Å². The van der Waals surface area contributed by atoms with Gasteiger partial charge >= 0.3 is 0 Å². The lowest BCUT2D eigenvalue weighted by Crippen LogP contribution is -2.20. The van der Waals surface area contributed by atoms with Crippen molar-refractivity contribution in [3.05, 3.63) is 35.5 Å². The molecule has 242 valence electrons. The van der Waals surface area contributed by atoms with Gasteiger partial charge in [-0.25, -0.2) is 13.1 Å². The Morgan fingerprint density at radius 3 is 2.17 bits per heavy atom. The van der Waals surface area contributed by atoms with Gasteiger partial charge in [-0.1, -0.05) is 6.07 Å². The van der Waals surface area contributed by atoms with E-state index in [9.17, 15) is 8.42 Å². The molecule has 0 spiro atoms. The number of nitrogens with two attached hydrogens (primary N) is 1. The van der Waals surface area contributed by atoms with Gasteiger partial charge in [-0.15, -0.1) is 0 Å². The molecule has 11 nitrogen and oxygen atoms in total. The largest absolute Gasteiger partial charge is 0.361 e. The minimum absolute atomic E-state index is 0.0961. The number of benzene rings is 1. The summed E-state index contributed by atoms with van der Waals surface area (Å²) in [5.41, 5.74) is 6.57. The highest BCUT2D eigenvalue weighted by molar-refractivity contribution is 7.88. The maximum Gasteiger partial charge on any atom is 0.215 e. The molecule has 42 heavy (non-hydrogen) atoms. The lowest BCUT2D eigenvalue weighted by Gasteiger charge is -2.15. The lowest BCUT2D eigenvalue weighted by molar-refractivity contribution is -0.139. The van der Waals surface area contributed by atoms with Crippen molar-refractivity contribution in [3.63, 3.8) is 0 Å². The van der Waals surface area contributed by atoms with Gasteiger partial charge in [-0.05, 0) is 97.7 Å². The minimum Gasteiger partial charge on any atom is -0.361 e. The second-order valence-electron chi connectivity index (χ2n) is 8.45. The third-order valence-corrected chi connectivity index (χ3v) is 6.69. The summed E-state index contributed by atoms with van der Waals surface area (Å²) < 4.78 is 122. The average Bonchev–Trinajstić information content (AvgIpc) is 3.38. The van der Waals surface area contributed by atoms with E-state index < -0.39 is 43.4 Å². The Bertz CT molecular complexity index is 1420. The van der Waals surface area contributed by atoms with Crippen LogP contribution in [0.1, 0.15) is 78.2 Å². The first-order chi connectivity index (χ1) is 23.9. The van der Waals surface area contributed by atoms with Crippen LogP contribution in [0.2, 0.25) is 0 Å². The fourth-order valence-electron chi connectivity index (χ4n) is 3.47. The molecule has 0 aliphatic rings. The molecule has 12 heteroatoms. The van der Waals surface area contributed by atoms with Crippen LogP contribution in [0.4, 0.5) is 0 Å². The zero-order chi connectivity index (χ0) is 40.4. The Labute approximate surface area is 268 Å². The first kappa shape index (κ1) is 25.3. The molecule has 4 N–H and O–H groups in total. The number of likely N-dealkylation sites (N-methyl/N-ethyl adjacent to an activating group) is 1. The molecule has 0 aliphatic carbocycles. The van der Waals surface area contributed by atoms with Crippen molar-refractivity contribution in [2.75, 3.05) is 60.4 Å². The first-order valence-electron chi connectivity index (χ1n) is 18.8. The number of aromatic nitrogens is 1. The highest BCUT2D eigenvalue weighted by atomic mass is 32.2. The van der Waals surface area contributed by atoms with E-state index in [-0.39, 0.29) is 29.7 Å². The van der Waals surface area contributed by atoms with Crippen LogP contribution in [0, 0.1) is 11.3 Å². The van der Waals surface area contributed by atoms with Gasteiger partial charge in [-0.2, -0.15) is 5.26 Å². The lowest BCUT2D eigenvalue weighted by atomic mass is 10.1. The number of aromatic amines is 1. The average molecular weight is 624 g/mol. The van der Waals surface area contributed by atoms with E-state index in [1.165, 1.54) is 13.2 Å². The zero-order valence-electron chi connectivity index (χ0n) is 35.4. The second-order valence-corrected chi connectivity index (χ2v) is 10.4. The maximum absolute atomic E-state index is 11.8. The molecule has 0 radical (unpaired) electrons. The molecule has 2 aromatic rings. The van der Waals surface area contributed by atoms with Crippen LogP contribution in [0.3, 0.4) is 0 Å². The maximum atomic E-state index is 11.8. The Morgan fingerprint density at radius 2 is 1.67 bits per heavy atom. The molecule has 1 heterocycles. The van der Waals surface area contributed by atoms with E-state index in [2.05, 4.69) is 15.8 Å². The molecular formula is C30H55N5O6S. The normalized spacial score (nSPS) is 16.2. The summed E-state index contributed by atoms with van der Waals surface area (Å²) in [6, 6.07) is 6.84. The minimum atomic E-state index is -3.52. The number of hydrogen-bond acceptors (Lipinski definition) is 9. The van der Waals surface area contributed by atoms with Crippen LogP contribution in [0.15, 0.2) is 24.4 Å². The molecule has 2 rings (SSSR count). The van der Waals surface area contributed by atoms with Crippen LogP contribution in [-0.4, -0.2) is 91.3 Å². The number of ether oxygens (including phenoxy) is 4. The van der Waals surface area contributed by atoms with Crippen molar-refractivity contribution in [2.24, 2.45) is 5.73 Å². The van der Waals surface area contributed by atoms with Gasteiger partial charge in [0.15, 0.2) is 12.6 Å². The van der Waals surface area contributed by atoms with Crippen LogP contribution >= 0.6 is 0 Å². The van der Waals surface area contributed by atoms with Gasteiger partial charge in [0.2, 0.25) is 10.0 Å². The van der Waals surface area contributed by atoms with E-state index in [1.54, 1.807) is 18.2 Å². The van der Waals surface area contributed by atoms with Crippen molar-refractivity contribution < 1.29 is 41.1 Å². The van der Waals surface area contributed by atoms with Gasteiger partial charge in [0.1, 0.15) is 0 Å². The van der Waals surface area contributed by atoms with E-state index in [1.807, 2.05) is 27.7 Å². The number of nitrogens with zero attached hydrogens (tertiary/aromatic N) is 2. The number of aryl methyl sites for hydroxylation is 1. The molecule has 1 aromatic carbocycles. The topological polar surface area (TPSA) is 152 Å². The predicted molar refractivity (Wildman–Crippen MR) is 169 cm³/mol. The summed E-state index contributed by atoms with van der Waals surface area (Å²) >= 11 is 0. The molecule has 0 unspecified atom stereocenters. The van der Waals surface area contributed by atoms with Crippen molar-refractivity contribution in [2.45, 2.75) is 78.1 Å². The van der Waals surface area contributed by atoms with Crippen LogP contribution < -0.4 is 10.5 Å². The summed E-state index contributed by atoms with van der Waals surface area (Å²) in [6.07, 6.45) is 2.31. The van der Waals surface area contributed by atoms with Gasteiger partial charge in [0, 0.05) is 76.6 Å². The Hall–Kier alpha value is -2.08. The first-order valence-corrected chi connectivity index (χ1v) is 15.5. The predicted octanol–water partition coefficient (Wildman–Crippen LogP) is 4.13. The number of nitriles is 1. The van der Waals surface area contributed by atoms with Gasteiger partial charge < -0.3 is 34.6 Å². The van der Waals surface area contributed by atoms with Crippen molar-refractivity contribution in [1.29, 1.82) is 5.26 Å². The number of hydrogen-bond donors (Lipinski definition) is 3. The number of rotatable bonds is 19. The summed E-state index contributed by atoms with van der Waals surface area (Å²) in [5.74, 6) is -0.284. The second kappa shape index (κ2) is 24.4. The zero-order valence-corrected chi connectivity index (χ0v) is 26.2. The number of sulfonamides is 1. The highest BCUT2D eigenvalue weighted by Gasteiger charge is 2.11. The number of nitrogens with one attached hydrogen (secondary N) is 2. The Kier molecular flexibility index (Phi) is 14.7. The molecule has 0 aliphatic heterocycles. The number of fused-ring (bicyclic) bond motifs is 1. The fraction of sp³-hybridized carbons (Fsp3) is 0.700. The number of H-pyrrole nitrogens is 1. The Balaban J connectivity index is 0.000000898. The van der Waals surface area contributed by atoms with Crippen LogP contribution in [-0.2, 0) is 41.1 Å². The fourth-order valence-corrected chi connectivity index (χ4v) is 4.24. The van der Waals surface area contributed by atoms with Crippen molar-refractivity contribution in [3.8, 4) is 6.07 Å². The van der Waals surface area contributed by atoms with Crippen LogP contribution in [0.25, 0.3) is 10.9 Å². The molecule has 0 amide bonds. The summed E-state index contributed by atoms with van der Waals surface area (Å²) in [4.78, 5) is 2.80.